The van der Waals surface area contributed by atoms with Crippen LogP contribution in [0.5, 0.6) is 0 Å². The monoisotopic (exact) mass is 314 g/mol. The fourth-order valence-electron chi connectivity index (χ4n) is 3.71. The predicted octanol–water partition coefficient (Wildman–Crippen LogP) is 3.11. The van der Waals surface area contributed by atoms with E-state index in [1.54, 1.807) is 0 Å². The summed E-state index contributed by atoms with van der Waals surface area (Å²) in [6.45, 7) is 6.78. The molecule has 0 spiro atoms. The van der Waals surface area contributed by atoms with Crippen LogP contribution in [0.4, 0.5) is 0 Å². The minimum Gasteiger partial charge on any atom is -0.303 e. The van der Waals surface area contributed by atoms with Crippen molar-refractivity contribution in [2.24, 2.45) is 5.41 Å². The van der Waals surface area contributed by atoms with Crippen molar-refractivity contribution >= 4 is 15.9 Å². The van der Waals surface area contributed by atoms with E-state index >= 15 is 0 Å². The van der Waals surface area contributed by atoms with Crippen LogP contribution < -0.4 is 0 Å². The highest BCUT2D eigenvalue weighted by atomic mass is 79.9. The van der Waals surface area contributed by atoms with Crippen molar-refractivity contribution < 1.29 is 0 Å². The van der Waals surface area contributed by atoms with Gasteiger partial charge in [-0.1, -0.05) is 22.4 Å². The lowest BCUT2D eigenvalue weighted by molar-refractivity contribution is 0.0850. The fourth-order valence-corrected chi connectivity index (χ4v) is 4.45. The molecule has 2 saturated heterocycles. The Kier molecular flexibility index (Phi) is 4.32. The van der Waals surface area contributed by atoms with Gasteiger partial charge in [0.15, 0.2) is 0 Å². The molecule has 1 aliphatic carbocycles. The third-order valence-corrected chi connectivity index (χ3v) is 6.45. The standard InChI is InChI=1S/C15H27BrN2/c16-12-15(6-7-15)13-17-10-4-14(5-11-17)18-8-2-1-3-9-18/h14H,1-13H2. The van der Waals surface area contributed by atoms with E-state index in [0.717, 1.165) is 6.04 Å². The summed E-state index contributed by atoms with van der Waals surface area (Å²) >= 11 is 3.70. The Labute approximate surface area is 120 Å². The Morgan fingerprint density at radius 2 is 1.61 bits per heavy atom. The molecule has 2 nitrogen and oxygen atoms in total. The van der Waals surface area contributed by atoms with Crippen LogP contribution in [-0.4, -0.2) is 53.9 Å². The first kappa shape index (κ1) is 13.4. The highest BCUT2D eigenvalue weighted by molar-refractivity contribution is 9.09. The van der Waals surface area contributed by atoms with Crippen molar-refractivity contribution in [2.75, 3.05) is 38.1 Å². The molecular formula is C15H27BrN2. The SMILES string of the molecule is BrCC1(CN2CCC(N3CCCCC3)CC2)CC1. The van der Waals surface area contributed by atoms with Gasteiger partial charge in [-0.05, 0) is 70.1 Å². The van der Waals surface area contributed by atoms with Crippen molar-refractivity contribution in [1.82, 2.24) is 9.80 Å². The summed E-state index contributed by atoms with van der Waals surface area (Å²) < 4.78 is 0. The first-order valence-corrected chi connectivity index (χ1v) is 8.96. The Balaban J connectivity index is 1.43. The van der Waals surface area contributed by atoms with Gasteiger partial charge >= 0.3 is 0 Å². The minimum absolute atomic E-state index is 0.665. The normalized spacial score (nSPS) is 30.5. The zero-order valence-electron chi connectivity index (χ0n) is 11.5. The van der Waals surface area contributed by atoms with E-state index in [2.05, 4.69) is 25.7 Å². The van der Waals surface area contributed by atoms with Crippen LogP contribution in [0, 0.1) is 5.41 Å². The number of hydrogen-bond donors (Lipinski definition) is 0. The Hall–Kier alpha value is 0.400. The third kappa shape index (κ3) is 3.10. The molecule has 0 N–H and O–H groups in total. The average Bonchev–Trinajstić information content (AvgIpc) is 3.21. The van der Waals surface area contributed by atoms with Gasteiger partial charge in [-0.25, -0.2) is 0 Å². The molecule has 0 atom stereocenters. The van der Waals surface area contributed by atoms with Crippen molar-refractivity contribution in [3.63, 3.8) is 0 Å². The highest BCUT2D eigenvalue weighted by Gasteiger charge is 2.43. The molecule has 1 saturated carbocycles. The molecule has 0 unspecified atom stereocenters. The van der Waals surface area contributed by atoms with Crippen LogP contribution in [0.15, 0.2) is 0 Å². The maximum absolute atomic E-state index is 3.70. The van der Waals surface area contributed by atoms with E-state index in [1.165, 1.54) is 83.0 Å². The van der Waals surface area contributed by atoms with Gasteiger partial charge in [-0.3, -0.25) is 0 Å². The van der Waals surface area contributed by atoms with Crippen molar-refractivity contribution in [2.45, 2.75) is 51.0 Å². The smallest absolute Gasteiger partial charge is 0.0120 e. The Morgan fingerprint density at radius 1 is 0.944 bits per heavy atom. The summed E-state index contributed by atoms with van der Waals surface area (Å²) in [7, 11) is 0. The molecule has 2 aliphatic heterocycles. The van der Waals surface area contributed by atoms with Gasteiger partial charge in [0.1, 0.15) is 0 Å². The minimum atomic E-state index is 0.665. The van der Waals surface area contributed by atoms with Crippen molar-refractivity contribution in [3.8, 4) is 0 Å². The van der Waals surface area contributed by atoms with E-state index in [0.29, 0.717) is 5.41 Å². The van der Waals surface area contributed by atoms with Crippen molar-refractivity contribution in [1.29, 1.82) is 0 Å². The second-order valence-corrected chi connectivity index (χ2v) is 7.30. The third-order valence-electron chi connectivity index (χ3n) is 5.26. The average molecular weight is 315 g/mol. The Morgan fingerprint density at radius 3 is 2.17 bits per heavy atom. The predicted molar refractivity (Wildman–Crippen MR) is 80.3 cm³/mol. The lowest BCUT2D eigenvalue weighted by atomic mass is 9.98. The molecule has 3 aliphatic rings. The lowest BCUT2D eigenvalue weighted by Crippen LogP contribution is -2.47. The maximum atomic E-state index is 3.70. The molecule has 0 aromatic rings. The van der Waals surface area contributed by atoms with E-state index in [-0.39, 0.29) is 0 Å². The summed E-state index contributed by atoms with van der Waals surface area (Å²) in [5.74, 6) is 0. The van der Waals surface area contributed by atoms with E-state index in [9.17, 15) is 0 Å². The Bertz CT molecular complexity index is 264. The number of alkyl halides is 1. The molecule has 3 fully saturated rings. The second-order valence-electron chi connectivity index (χ2n) is 6.74. The lowest BCUT2D eigenvalue weighted by Gasteiger charge is -2.41. The zero-order chi connectivity index (χ0) is 12.4. The van der Waals surface area contributed by atoms with Crippen molar-refractivity contribution in [3.05, 3.63) is 0 Å². The van der Waals surface area contributed by atoms with Crippen LogP contribution in [0.2, 0.25) is 0 Å². The van der Waals surface area contributed by atoms with Gasteiger partial charge in [0.25, 0.3) is 0 Å². The van der Waals surface area contributed by atoms with E-state index < -0.39 is 0 Å². The molecule has 0 aromatic heterocycles. The van der Waals surface area contributed by atoms with Gasteiger partial charge in [-0.2, -0.15) is 0 Å². The van der Waals surface area contributed by atoms with Crippen LogP contribution in [0.3, 0.4) is 0 Å². The highest BCUT2D eigenvalue weighted by Crippen LogP contribution is 2.47. The van der Waals surface area contributed by atoms with E-state index in [4.69, 9.17) is 0 Å². The van der Waals surface area contributed by atoms with Crippen LogP contribution in [0.25, 0.3) is 0 Å². The first-order chi connectivity index (χ1) is 8.81. The number of likely N-dealkylation sites (tertiary alicyclic amines) is 2. The molecule has 3 rings (SSSR count). The van der Waals surface area contributed by atoms with Gasteiger partial charge < -0.3 is 9.80 Å². The topological polar surface area (TPSA) is 6.48 Å². The van der Waals surface area contributed by atoms with Crippen LogP contribution in [0.1, 0.15) is 44.9 Å². The van der Waals surface area contributed by atoms with Gasteiger partial charge in [0.2, 0.25) is 0 Å². The van der Waals surface area contributed by atoms with Gasteiger partial charge in [0.05, 0.1) is 0 Å². The molecule has 104 valence electrons. The number of piperidine rings is 2. The van der Waals surface area contributed by atoms with Gasteiger partial charge in [0, 0.05) is 17.9 Å². The number of halogens is 1. The zero-order valence-corrected chi connectivity index (χ0v) is 13.1. The van der Waals surface area contributed by atoms with Crippen LogP contribution in [-0.2, 0) is 0 Å². The molecule has 0 radical (unpaired) electrons. The summed E-state index contributed by atoms with van der Waals surface area (Å²) in [4.78, 5) is 5.51. The molecule has 18 heavy (non-hydrogen) atoms. The number of nitrogens with zero attached hydrogens (tertiary/aromatic N) is 2. The molecule has 0 aromatic carbocycles. The molecule has 0 bridgehead atoms. The fraction of sp³-hybridized carbons (Fsp3) is 1.00. The summed E-state index contributed by atoms with van der Waals surface area (Å²) in [5.41, 5.74) is 0.665. The largest absolute Gasteiger partial charge is 0.303 e. The van der Waals surface area contributed by atoms with E-state index in [1.807, 2.05) is 0 Å². The summed E-state index contributed by atoms with van der Waals surface area (Å²) in [6.07, 6.45) is 10.1. The summed E-state index contributed by atoms with van der Waals surface area (Å²) in [5, 5.41) is 1.21. The van der Waals surface area contributed by atoms with Crippen LogP contribution >= 0.6 is 15.9 Å². The first-order valence-electron chi connectivity index (χ1n) is 7.84. The maximum Gasteiger partial charge on any atom is 0.0120 e. The molecule has 2 heterocycles. The molecule has 3 heteroatoms. The molecule has 0 amide bonds. The number of rotatable bonds is 4. The summed E-state index contributed by atoms with van der Waals surface area (Å²) in [6, 6.07) is 0.903. The van der Waals surface area contributed by atoms with Gasteiger partial charge in [-0.15, -0.1) is 0 Å². The quantitative estimate of drug-likeness (QED) is 0.736. The molecular weight excluding hydrogens is 288 g/mol. The second kappa shape index (κ2) is 5.80. The number of hydrogen-bond acceptors (Lipinski definition) is 2.